The fourth-order valence-corrected chi connectivity index (χ4v) is 2.69. The smallest absolute Gasteiger partial charge is 0.159 e. The number of hydrogen-bond acceptors (Lipinski definition) is 1. The van der Waals surface area contributed by atoms with E-state index in [0.717, 1.165) is 24.9 Å². The first-order chi connectivity index (χ1) is 10.2. The predicted octanol–water partition coefficient (Wildman–Crippen LogP) is 5.24. The van der Waals surface area contributed by atoms with Crippen LogP contribution >= 0.6 is 0 Å². The van der Waals surface area contributed by atoms with Crippen molar-refractivity contribution in [1.82, 2.24) is 5.32 Å². The second-order valence-electron chi connectivity index (χ2n) is 5.76. The van der Waals surface area contributed by atoms with Crippen molar-refractivity contribution in [1.29, 1.82) is 0 Å². The molecule has 1 rings (SSSR count). The molecule has 1 atom stereocenters. The summed E-state index contributed by atoms with van der Waals surface area (Å²) >= 11 is 0. The van der Waals surface area contributed by atoms with Crippen molar-refractivity contribution in [3.05, 3.63) is 35.4 Å². The quantitative estimate of drug-likeness (QED) is 0.551. The van der Waals surface area contributed by atoms with Gasteiger partial charge in [-0.15, -0.1) is 0 Å². The molecule has 1 aromatic carbocycles. The summed E-state index contributed by atoms with van der Waals surface area (Å²) in [5.41, 5.74) is 0.867. The highest BCUT2D eigenvalue weighted by molar-refractivity contribution is 5.18. The molecule has 1 nitrogen and oxygen atoms in total. The monoisotopic (exact) mass is 297 g/mol. The van der Waals surface area contributed by atoms with Crippen LogP contribution < -0.4 is 5.32 Å². The van der Waals surface area contributed by atoms with Gasteiger partial charge in [-0.2, -0.15) is 0 Å². The average Bonchev–Trinajstić information content (AvgIpc) is 2.46. The molecule has 0 aliphatic heterocycles. The van der Waals surface area contributed by atoms with Crippen LogP contribution in [0.3, 0.4) is 0 Å². The Kier molecular flexibility index (Phi) is 9.24. The number of halogens is 2. The van der Waals surface area contributed by atoms with Crippen LogP contribution in [0, 0.1) is 11.6 Å². The molecule has 1 unspecified atom stereocenters. The molecule has 0 amide bonds. The van der Waals surface area contributed by atoms with Crippen LogP contribution in [-0.2, 0) is 6.42 Å². The molecular weight excluding hydrogens is 268 g/mol. The van der Waals surface area contributed by atoms with Gasteiger partial charge in [-0.3, -0.25) is 0 Å². The number of hydrogen-bond donors (Lipinski definition) is 1. The molecular formula is C18H29F2N. The minimum atomic E-state index is -0.769. The number of benzene rings is 1. The van der Waals surface area contributed by atoms with Crippen LogP contribution in [0.5, 0.6) is 0 Å². The molecule has 0 radical (unpaired) electrons. The lowest BCUT2D eigenvalue weighted by atomic mass is 9.99. The first-order valence-electron chi connectivity index (χ1n) is 8.34. The Morgan fingerprint density at radius 3 is 2.33 bits per heavy atom. The second-order valence-corrected chi connectivity index (χ2v) is 5.76. The zero-order valence-corrected chi connectivity index (χ0v) is 13.4. The number of unbranched alkanes of at least 4 members (excludes halogenated alkanes) is 5. The molecule has 0 spiro atoms. The van der Waals surface area contributed by atoms with E-state index in [4.69, 9.17) is 0 Å². The summed E-state index contributed by atoms with van der Waals surface area (Å²) in [5.74, 6) is -1.52. The van der Waals surface area contributed by atoms with Crippen molar-refractivity contribution in [2.75, 3.05) is 6.54 Å². The van der Waals surface area contributed by atoms with E-state index in [-0.39, 0.29) is 0 Å². The van der Waals surface area contributed by atoms with Gasteiger partial charge in [-0.1, -0.05) is 58.4 Å². The van der Waals surface area contributed by atoms with E-state index < -0.39 is 11.6 Å². The maximum atomic E-state index is 13.2. The van der Waals surface area contributed by atoms with Gasteiger partial charge in [-0.25, -0.2) is 8.78 Å². The Hall–Kier alpha value is -0.960. The molecule has 0 saturated heterocycles. The van der Waals surface area contributed by atoms with E-state index in [0.29, 0.717) is 6.04 Å². The van der Waals surface area contributed by atoms with Gasteiger partial charge in [0.25, 0.3) is 0 Å². The van der Waals surface area contributed by atoms with Crippen molar-refractivity contribution in [2.24, 2.45) is 0 Å². The van der Waals surface area contributed by atoms with Gasteiger partial charge in [-0.05, 0) is 37.1 Å². The van der Waals surface area contributed by atoms with Crippen LogP contribution in [0.25, 0.3) is 0 Å². The molecule has 1 aromatic rings. The van der Waals surface area contributed by atoms with Gasteiger partial charge in [0.15, 0.2) is 11.6 Å². The summed E-state index contributed by atoms with van der Waals surface area (Å²) in [6, 6.07) is 4.58. The molecule has 3 heteroatoms. The Bertz CT molecular complexity index is 393. The lowest BCUT2D eigenvalue weighted by molar-refractivity contribution is 0.456. The van der Waals surface area contributed by atoms with Crippen LogP contribution in [0.15, 0.2) is 18.2 Å². The zero-order chi connectivity index (χ0) is 15.5. The highest BCUT2D eigenvalue weighted by Gasteiger charge is 2.10. The molecule has 0 aromatic heterocycles. The first kappa shape index (κ1) is 18.1. The van der Waals surface area contributed by atoms with E-state index in [2.05, 4.69) is 19.2 Å². The van der Waals surface area contributed by atoms with Crippen LogP contribution in [0.4, 0.5) is 8.78 Å². The fraction of sp³-hybridized carbons (Fsp3) is 0.667. The average molecular weight is 297 g/mol. The third-order valence-corrected chi connectivity index (χ3v) is 3.87. The summed E-state index contributed by atoms with van der Waals surface area (Å²) in [4.78, 5) is 0. The minimum Gasteiger partial charge on any atom is -0.314 e. The number of rotatable bonds is 11. The second kappa shape index (κ2) is 10.7. The van der Waals surface area contributed by atoms with Crippen molar-refractivity contribution in [3.8, 4) is 0 Å². The lowest BCUT2D eigenvalue weighted by Crippen LogP contribution is -2.31. The summed E-state index contributed by atoms with van der Waals surface area (Å²) in [6.45, 7) is 5.21. The molecule has 0 heterocycles. The van der Waals surface area contributed by atoms with Crippen molar-refractivity contribution in [2.45, 2.75) is 71.3 Å². The van der Waals surface area contributed by atoms with Gasteiger partial charge in [0.05, 0.1) is 0 Å². The largest absolute Gasteiger partial charge is 0.314 e. The molecule has 0 aliphatic rings. The van der Waals surface area contributed by atoms with Gasteiger partial charge in [0, 0.05) is 6.04 Å². The zero-order valence-electron chi connectivity index (χ0n) is 13.4. The van der Waals surface area contributed by atoms with E-state index in [9.17, 15) is 8.78 Å². The summed E-state index contributed by atoms with van der Waals surface area (Å²) in [5, 5.41) is 3.45. The van der Waals surface area contributed by atoms with E-state index in [1.165, 1.54) is 50.7 Å². The molecule has 21 heavy (non-hydrogen) atoms. The summed E-state index contributed by atoms with van der Waals surface area (Å²) in [6.07, 6.45) is 9.55. The van der Waals surface area contributed by atoms with Crippen molar-refractivity contribution in [3.63, 3.8) is 0 Å². The molecule has 0 aliphatic carbocycles. The first-order valence-corrected chi connectivity index (χ1v) is 8.34. The van der Waals surface area contributed by atoms with E-state index >= 15 is 0 Å². The molecule has 0 fully saturated rings. The topological polar surface area (TPSA) is 12.0 Å². The SMILES string of the molecule is CCCCCCCCC(Cc1ccc(F)c(F)c1)NCC. The maximum absolute atomic E-state index is 13.2. The number of likely N-dealkylation sites (N-methyl/N-ethyl adjacent to an activating group) is 1. The van der Waals surface area contributed by atoms with Gasteiger partial charge >= 0.3 is 0 Å². The van der Waals surface area contributed by atoms with Crippen molar-refractivity contribution >= 4 is 0 Å². The highest BCUT2D eigenvalue weighted by atomic mass is 19.2. The molecule has 0 saturated carbocycles. The predicted molar refractivity (Wildman–Crippen MR) is 85.5 cm³/mol. The van der Waals surface area contributed by atoms with Crippen molar-refractivity contribution < 1.29 is 8.78 Å². The van der Waals surface area contributed by atoms with Gasteiger partial charge < -0.3 is 5.32 Å². The van der Waals surface area contributed by atoms with Crippen LogP contribution in [0.1, 0.15) is 64.4 Å². The van der Waals surface area contributed by atoms with Crippen LogP contribution in [0.2, 0.25) is 0 Å². The summed E-state index contributed by atoms with van der Waals surface area (Å²) < 4.78 is 26.2. The molecule has 1 N–H and O–H groups in total. The third kappa shape index (κ3) is 7.56. The summed E-state index contributed by atoms with van der Waals surface area (Å²) in [7, 11) is 0. The Labute approximate surface area is 128 Å². The Balaban J connectivity index is 2.36. The van der Waals surface area contributed by atoms with E-state index in [1.807, 2.05) is 0 Å². The maximum Gasteiger partial charge on any atom is 0.159 e. The van der Waals surface area contributed by atoms with Gasteiger partial charge in [0.1, 0.15) is 0 Å². The van der Waals surface area contributed by atoms with Crippen LogP contribution in [-0.4, -0.2) is 12.6 Å². The normalized spacial score (nSPS) is 12.6. The molecule has 0 bridgehead atoms. The Morgan fingerprint density at radius 2 is 1.67 bits per heavy atom. The van der Waals surface area contributed by atoms with Gasteiger partial charge in [0.2, 0.25) is 0 Å². The van der Waals surface area contributed by atoms with E-state index in [1.54, 1.807) is 6.07 Å². The standard InChI is InChI=1S/C18H29F2N/c1-3-5-6-7-8-9-10-16(21-4-2)13-15-11-12-17(19)18(20)14-15/h11-12,14,16,21H,3-10,13H2,1-2H3. The minimum absolute atomic E-state index is 0.353. The molecule has 120 valence electrons. The fourth-order valence-electron chi connectivity index (χ4n) is 2.69. The third-order valence-electron chi connectivity index (χ3n) is 3.87. The highest BCUT2D eigenvalue weighted by Crippen LogP contribution is 2.14. The number of nitrogens with one attached hydrogen (secondary N) is 1. The Morgan fingerprint density at radius 1 is 0.952 bits per heavy atom. The lowest BCUT2D eigenvalue weighted by Gasteiger charge is -2.18.